The topological polar surface area (TPSA) is 64.6 Å². The zero-order valence-corrected chi connectivity index (χ0v) is 12.5. The molecule has 1 aliphatic rings. The van der Waals surface area contributed by atoms with E-state index in [1.54, 1.807) is 20.8 Å². The van der Waals surface area contributed by atoms with Gasteiger partial charge in [0.1, 0.15) is 11.7 Å². The molecule has 5 atom stereocenters. The third-order valence-corrected chi connectivity index (χ3v) is 3.28. The highest BCUT2D eigenvalue weighted by Gasteiger charge is 2.35. The molecule has 1 aliphatic heterocycles. The molecule has 0 bridgehead atoms. The van der Waals surface area contributed by atoms with Crippen molar-refractivity contribution in [1.29, 1.82) is 0 Å². The molecule has 17 heavy (non-hydrogen) atoms. The molecule has 1 fully saturated rings. The third-order valence-electron chi connectivity index (χ3n) is 2.14. The highest BCUT2D eigenvalue weighted by atomic mass is 31.0. The van der Waals surface area contributed by atoms with Gasteiger partial charge < -0.3 is 14.8 Å². The molecule has 0 saturated carbocycles. The van der Waals surface area contributed by atoms with Crippen LogP contribution in [0.1, 0.15) is 27.2 Å². The molecule has 5 unspecified atom stereocenters. The Balaban J connectivity index is 2.42. The highest BCUT2D eigenvalue weighted by molar-refractivity contribution is 7.19. The van der Waals surface area contributed by atoms with Crippen LogP contribution in [0, 0.1) is 0 Å². The Morgan fingerprint density at radius 3 is 2.59 bits per heavy atom. The van der Waals surface area contributed by atoms with E-state index >= 15 is 0 Å². The lowest BCUT2D eigenvalue weighted by Gasteiger charge is -2.23. The van der Waals surface area contributed by atoms with Crippen molar-refractivity contribution in [3.05, 3.63) is 0 Å². The van der Waals surface area contributed by atoms with Gasteiger partial charge in [-0.05, 0) is 20.8 Å². The fourth-order valence-electron chi connectivity index (χ4n) is 1.39. The smallest absolute Gasteiger partial charge is 0.408 e. The van der Waals surface area contributed by atoms with E-state index in [1.165, 1.54) is 0 Å². The van der Waals surface area contributed by atoms with Crippen molar-refractivity contribution in [2.24, 2.45) is 0 Å². The van der Waals surface area contributed by atoms with Crippen molar-refractivity contribution in [1.82, 2.24) is 5.32 Å². The predicted molar refractivity (Wildman–Crippen MR) is 70.9 cm³/mol. The Hall–Kier alpha value is -0.400. The van der Waals surface area contributed by atoms with Crippen LogP contribution in [0.25, 0.3) is 0 Å². The Labute approximate surface area is 106 Å². The number of hydrogen-bond donors (Lipinski definition) is 1. The molecule has 5 nitrogen and oxygen atoms in total. The van der Waals surface area contributed by atoms with Gasteiger partial charge in [0, 0.05) is 6.42 Å². The Bertz CT molecular complexity index is 316. The Kier molecular flexibility index (Phi) is 4.74. The number of rotatable bonds is 2. The van der Waals surface area contributed by atoms with Gasteiger partial charge in [0.2, 0.25) is 0 Å². The van der Waals surface area contributed by atoms with Gasteiger partial charge in [0.25, 0.3) is 0 Å². The zero-order chi connectivity index (χ0) is 13.2. The van der Waals surface area contributed by atoms with Gasteiger partial charge in [-0.15, -0.1) is 18.5 Å². The van der Waals surface area contributed by atoms with Crippen molar-refractivity contribution in [3.63, 3.8) is 0 Å². The monoisotopic (exact) mass is 279 g/mol. The normalized spacial score (nSPS) is 26.3. The number of alkyl carbamates (subject to hydrolysis) is 1. The van der Waals surface area contributed by atoms with Gasteiger partial charge in [-0.1, -0.05) is 0 Å². The SMILES string of the molecule is CC(C)(C)OC(=O)NC(P)C1CC(P)C(=O)O1. The van der Waals surface area contributed by atoms with Gasteiger partial charge in [-0.25, -0.2) is 4.79 Å². The first kappa shape index (κ1) is 14.7. The number of carbonyl (C=O) groups is 2. The summed E-state index contributed by atoms with van der Waals surface area (Å²) in [4.78, 5) is 22.7. The maximum absolute atomic E-state index is 11.5. The first-order chi connectivity index (χ1) is 7.69. The lowest BCUT2D eigenvalue weighted by molar-refractivity contribution is -0.141. The number of esters is 1. The van der Waals surface area contributed by atoms with Crippen LogP contribution in [0.4, 0.5) is 4.79 Å². The maximum atomic E-state index is 11.5. The van der Waals surface area contributed by atoms with E-state index in [0.29, 0.717) is 6.42 Å². The molecule has 98 valence electrons. The van der Waals surface area contributed by atoms with Crippen LogP contribution >= 0.6 is 18.5 Å². The quantitative estimate of drug-likeness (QED) is 0.610. The summed E-state index contributed by atoms with van der Waals surface area (Å²) in [5.41, 5.74) is -0.729. The molecule has 1 saturated heterocycles. The number of ether oxygens (including phenoxy) is 2. The van der Waals surface area contributed by atoms with Crippen molar-refractivity contribution < 1.29 is 19.1 Å². The predicted octanol–water partition coefficient (Wildman–Crippen LogP) is 1.27. The highest BCUT2D eigenvalue weighted by Crippen LogP contribution is 2.26. The molecule has 1 heterocycles. The van der Waals surface area contributed by atoms with E-state index in [0.717, 1.165) is 0 Å². The summed E-state index contributed by atoms with van der Waals surface area (Å²) < 4.78 is 10.2. The standard InChI is InChI=1S/C10H19NO4P2/c1-10(2,3)15-9(13)11-7(17)5-4-6(16)8(12)14-5/h5-7H,4,16-17H2,1-3H3,(H,11,13). The number of cyclic esters (lactones) is 1. The van der Waals surface area contributed by atoms with E-state index in [-0.39, 0.29) is 23.5 Å². The minimum Gasteiger partial charge on any atom is -0.459 e. The lowest BCUT2D eigenvalue weighted by atomic mass is 10.2. The average Bonchev–Trinajstić information content (AvgIpc) is 2.43. The third kappa shape index (κ3) is 4.77. The summed E-state index contributed by atoms with van der Waals surface area (Å²) in [5, 5.41) is 2.63. The van der Waals surface area contributed by atoms with Crippen LogP contribution in [-0.2, 0) is 14.3 Å². The largest absolute Gasteiger partial charge is 0.459 e. The van der Waals surface area contributed by atoms with Gasteiger partial charge in [-0.3, -0.25) is 4.79 Å². The van der Waals surface area contributed by atoms with E-state index in [4.69, 9.17) is 9.47 Å². The van der Waals surface area contributed by atoms with E-state index in [1.807, 2.05) is 0 Å². The van der Waals surface area contributed by atoms with Crippen LogP contribution in [0.3, 0.4) is 0 Å². The van der Waals surface area contributed by atoms with E-state index in [2.05, 4.69) is 23.8 Å². The van der Waals surface area contributed by atoms with Crippen LogP contribution in [0.5, 0.6) is 0 Å². The van der Waals surface area contributed by atoms with Gasteiger partial charge >= 0.3 is 12.1 Å². The van der Waals surface area contributed by atoms with Gasteiger partial charge in [0.05, 0.1) is 11.4 Å². The molecule has 0 aromatic heterocycles. The van der Waals surface area contributed by atoms with Crippen molar-refractivity contribution in [2.45, 2.75) is 50.3 Å². The number of carbonyl (C=O) groups excluding carboxylic acids is 2. The summed E-state index contributed by atoms with van der Waals surface area (Å²) in [5.74, 6) is -0.585. The zero-order valence-electron chi connectivity index (χ0n) is 10.2. The van der Waals surface area contributed by atoms with Crippen molar-refractivity contribution >= 4 is 30.5 Å². The van der Waals surface area contributed by atoms with Crippen molar-refractivity contribution in [2.75, 3.05) is 0 Å². The first-order valence-corrected chi connectivity index (χ1v) is 6.73. The lowest BCUT2D eigenvalue weighted by Crippen LogP contribution is -2.41. The molecular formula is C10H19NO4P2. The van der Waals surface area contributed by atoms with Crippen LogP contribution in [0.2, 0.25) is 0 Å². The van der Waals surface area contributed by atoms with Gasteiger partial charge in [0.15, 0.2) is 0 Å². The second-order valence-electron chi connectivity index (χ2n) is 4.99. The van der Waals surface area contributed by atoms with Crippen LogP contribution < -0.4 is 5.32 Å². The summed E-state index contributed by atoms with van der Waals surface area (Å²) in [6, 6.07) is 0. The molecular weight excluding hydrogens is 260 g/mol. The van der Waals surface area contributed by atoms with Crippen LogP contribution in [0.15, 0.2) is 0 Å². The number of nitrogens with one attached hydrogen (secondary N) is 1. The minimum absolute atomic E-state index is 0.191. The average molecular weight is 279 g/mol. The number of hydrogen-bond acceptors (Lipinski definition) is 4. The summed E-state index contributed by atoms with van der Waals surface area (Å²) in [6.45, 7) is 5.37. The number of amides is 1. The molecule has 1 amide bonds. The Morgan fingerprint density at radius 1 is 1.59 bits per heavy atom. The molecule has 0 spiro atoms. The molecule has 0 aromatic rings. The molecule has 0 aromatic carbocycles. The molecule has 0 aliphatic carbocycles. The van der Waals surface area contributed by atoms with Crippen molar-refractivity contribution in [3.8, 4) is 0 Å². The molecule has 1 N–H and O–H groups in total. The fraction of sp³-hybridized carbons (Fsp3) is 0.800. The first-order valence-electron chi connectivity index (χ1n) is 5.40. The van der Waals surface area contributed by atoms with Gasteiger partial charge in [-0.2, -0.15) is 0 Å². The molecule has 0 radical (unpaired) electrons. The molecule has 7 heteroatoms. The Morgan fingerprint density at radius 2 is 2.18 bits per heavy atom. The van der Waals surface area contributed by atoms with E-state index < -0.39 is 11.7 Å². The second kappa shape index (κ2) is 5.49. The van der Waals surface area contributed by atoms with Crippen LogP contribution in [-0.4, -0.2) is 35.2 Å². The maximum Gasteiger partial charge on any atom is 0.408 e. The fourth-order valence-corrected chi connectivity index (χ4v) is 2.11. The van der Waals surface area contributed by atoms with E-state index in [9.17, 15) is 9.59 Å². The second-order valence-corrected chi connectivity index (χ2v) is 6.51. The molecule has 1 rings (SSSR count). The summed E-state index contributed by atoms with van der Waals surface area (Å²) in [6.07, 6.45) is -0.253. The summed E-state index contributed by atoms with van der Waals surface area (Å²) >= 11 is 0. The minimum atomic E-state index is -0.538. The summed E-state index contributed by atoms with van der Waals surface area (Å²) in [7, 11) is 4.88.